The normalized spacial score (nSPS) is 13.4. The topological polar surface area (TPSA) is 115 Å². The van der Waals surface area contributed by atoms with E-state index in [2.05, 4.69) is 30.3 Å². The molecule has 0 unspecified atom stereocenters. The van der Waals surface area contributed by atoms with Crippen molar-refractivity contribution in [2.75, 3.05) is 30.7 Å². The van der Waals surface area contributed by atoms with Gasteiger partial charge in [-0.05, 0) is 56.3 Å². The number of alkyl halides is 3. The van der Waals surface area contributed by atoms with Crippen LogP contribution in [0.15, 0.2) is 42.7 Å². The van der Waals surface area contributed by atoms with E-state index in [1.807, 2.05) is 0 Å². The average Bonchev–Trinajstić information content (AvgIpc) is 2.86. The quantitative estimate of drug-likeness (QED) is 0.349. The van der Waals surface area contributed by atoms with Gasteiger partial charge in [0.1, 0.15) is 11.4 Å². The molecule has 1 fully saturated rings. The van der Waals surface area contributed by atoms with Gasteiger partial charge in [-0.1, -0.05) is 6.42 Å². The van der Waals surface area contributed by atoms with Crippen LogP contribution in [0.5, 0.6) is 5.75 Å². The minimum atomic E-state index is -4.46. The molecule has 2 aromatic heterocycles. The number of hydrogen-bond donors (Lipinski definition) is 3. The molecule has 0 saturated carbocycles. The number of ether oxygens (including phenoxy) is 1. The Bertz CT molecular complexity index is 1090. The number of halogens is 4. The molecule has 4 N–H and O–H groups in total. The van der Waals surface area contributed by atoms with Crippen molar-refractivity contribution in [2.24, 2.45) is 0 Å². The molecule has 186 valence electrons. The van der Waals surface area contributed by atoms with Gasteiger partial charge in [-0.3, -0.25) is 4.79 Å². The lowest BCUT2D eigenvalue weighted by molar-refractivity contribution is -0.153. The van der Waals surface area contributed by atoms with Crippen LogP contribution in [0.4, 0.5) is 29.2 Å². The van der Waals surface area contributed by atoms with Gasteiger partial charge in [0.25, 0.3) is 0 Å². The lowest BCUT2D eigenvalue weighted by atomic mass is 10.1. The molecule has 8 nitrogen and oxygen atoms in total. The van der Waals surface area contributed by atoms with E-state index in [9.17, 15) is 22.4 Å². The number of anilines is 2. The van der Waals surface area contributed by atoms with Gasteiger partial charge in [0.2, 0.25) is 12.4 Å². The number of nitrogens with two attached hydrogens (primary N) is 1. The van der Waals surface area contributed by atoms with Crippen molar-refractivity contribution in [2.45, 2.75) is 25.4 Å². The Hall–Kier alpha value is -3.80. The highest BCUT2D eigenvalue weighted by Gasteiger charge is 2.28. The lowest BCUT2D eigenvalue weighted by Crippen LogP contribution is -2.21. The smallest absolute Gasteiger partial charge is 0.422 e. The maximum atomic E-state index is 14.7. The molecule has 35 heavy (non-hydrogen) atoms. The second-order valence-electron chi connectivity index (χ2n) is 7.55. The van der Waals surface area contributed by atoms with Gasteiger partial charge in [-0.2, -0.15) is 13.2 Å². The third-order valence-electron chi connectivity index (χ3n) is 4.88. The average molecular weight is 492 g/mol. The first kappa shape index (κ1) is 25.8. The Morgan fingerprint density at radius 1 is 1.06 bits per heavy atom. The molecule has 1 amide bonds. The van der Waals surface area contributed by atoms with Gasteiger partial charge in [0.15, 0.2) is 12.4 Å². The maximum absolute atomic E-state index is 14.7. The zero-order chi connectivity index (χ0) is 25.3. The van der Waals surface area contributed by atoms with Gasteiger partial charge >= 0.3 is 6.18 Å². The van der Waals surface area contributed by atoms with Gasteiger partial charge in [0.05, 0.1) is 11.4 Å². The van der Waals surface area contributed by atoms with Crippen LogP contribution in [0, 0.1) is 5.82 Å². The van der Waals surface area contributed by atoms with E-state index in [0.29, 0.717) is 12.0 Å². The Labute approximate surface area is 199 Å². The molecule has 0 atom stereocenters. The van der Waals surface area contributed by atoms with E-state index < -0.39 is 18.6 Å². The van der Waals surface area contributed by atoms with Crippen molar-refractivity contribution in [1.29, 1.82) is 0 Å². The van der Waals surface area contributed by atoms with Crippen LogP contribution in [0.3, 0.4) is 0 Å². The van der Waals surface area contributed by atoms with Crippen molar-refractivity contribution in [3.8, 4) is 28.3 Å². The minimum absolute atomic E-state index is 0.00610. The molecular weight excluding hydrogens is 468 g/mol. The van der Waals surface area contributed by atoms with Crippen molar-refractivity contribution in [3.05, 3.63) is 48.5 Å². The second-order valence-corrected chi connectivity index (χ2v) is 7.55. The molecule has 1 aromatic carbocycles. The number of nitrogens with zero attached hydrogens (tertiary/aromatic N) is 3. The summed E-state index contributed by atoms with van der Waals surface area (Å²) in [7, 11) is 0. The fourth-order valence-electron chi connectivity index (χ4n) is 3.19. The minimum Gasteiger partial charge on any atom is -0.484 e. The number of piperidine rings is 1. The summed E-state index contributed by atoms with van der Waals surface area (Å²) >= 11 is 0. The summed E-state index contributed by atoms with van der Waals surface area (Å²) in [4.78, 5) is 22.6. The molecule has 0 radical (unpaired) electrons. The number of nitrogen functional groups attached to an aromatic ring is 1. The van der Waals surface area contributed by atoms with Crippen LogP contribution in [-0.4, -0.2) is 47.2 Å². The van der Waals surface area contributed by atoms with E-state index in [1.54, 1.807) is 0 Å². The summed E-state index contributed by atoms with van der Waals surface area (Å²) in [5.74, 6) is -0.808. The summed E-state index contributed by atoms with van der Waals surface area (Å²) < 4.78 is 56.1. The summed E-state index contributed by atoms with van der Waals surface area (Å²) in [6, 6.07) is 6.85. The van der Waals surface area contributed by atoms with Crippen LogP contribution in [0.25, 0.3) is 22.5 Å². The maximum Gasteiger partial charge on any atom is 0.422 e. The number of benzene rings is 1. The van der Waals surface area contributed by atoms with Gasteiger partial charge in [-0.25, -0.2) is 19.3 Å². The van der Waals surface area contributed by atoms with Crippen molar-refractivity contribution in [3.63, 3.8) is 0 Å². The van der Waals surface area contributed by atoms with E-state index in [4.69, 9.17) is 5.73 Å². The van der Waals surface area contributed by atoms with Gasteiger partial charge in [-0.15, -0.1) is 0 Å². The monoisotopic (exact) mass is 492 g/mol. The molecule has 1 aliphatic rings. The summed E-state index contributed by atoms with van der Waals surface area (Å²) in [6.45, 7) is 1.08. The molecule has 0 aliphatic carbocycles. The predicted octanol–water partition coefficient (Wildman–Crippen LogP) is 4.20. The van der Waals surface area contributed by atoms with Crippen LogP contribution < -0.4 is 21.1 Å². The Balaban J connectivity index is 0.000000497. The first-order valence-corrected chi connectivity index (χ1v) is 10.8. The summed E-state index contributed by atoms with van der Waals surface area (Å²) in [5, 5.41) is 5.53. The van der Waals surface area contributed by atoms with Crippen LogP contribution in [0.1, 0.15) is 19.3 Å². The third-order valence-corrected chi connectivity index (χ3v) is 4.88. The van der Waals surface area contributed by atoms with Crippen LogP contribution in [-0.2, 0) is 4.79 Å². The van der Waals surface area contributed by atoms with Gasteiger partial charge < -0.3 is 21.1 Å². The highest BCUT2D eigenvalue weighted by molar-refractivity contribution is 5.79. The number of carbonyl (C=O) groups is 1. The molecule has 1 saturated heterocycles. The number of rotatable bonds is 6. The van der Waals surface area contributed by atoms with E-state index in [0.717, 1.165) is 0 Å². The summed E-state index contributed by atoms with van der Waals surface area (Å²) in [5.41, 5.74) is 6.08. The van der Waals surface area contributed by atoms with E-state index in [1.165, 1.54) is 75.1 Å². The first-order chi connectivity index (χ1) is 16.8. The van der Waals surface area contributed by atoms with E-state index >= 15 is 0 Å². The predicted molar refractivity (Wildman–Crippen MR) is 123 cm³/mol. The third kappa shape index (κ3) is 7.88. The molecule has 12 heteroatoms. The molecule has 0 bridgehead atoms. The molecule has 0 spiro atoms. The number of pyridine rings is 1. The fraction of sp³-hybridized carbons (Fsp3) is 0.304. The Morgan fingerprint density at radius 2 is 1.71 bits per heavy atom. The number of aromatic nitrogens is 3. The van der Waals surface area contributed by atoms with E-state index in [-0.39, 0.29) is 34.3 Å². The van der Waals surface area contributed by atoms with Crippen molar-refractivity contribution in [1.82, 2.24) is 20.3 Å². The molecule has 4 rings (SSSR count). The summed E-state index contributed by atoms with van der Waals surface area (Å²) in [6.07, 6.45) is 2.61. The highest BCUT2D eigenvalue weighted by atomic mass is 19.4. The van der Waals surface area contributed by atoms with Crippen LogP contribution >= 0.6 is 0 Å². The second kappa shape index (κ2) is 12.1. The lowest BCUT2D eigenvalue weighted by Gasteiger charge is -2.12. The fourth-order valence-corrected chi connectivity index (χ4v) is 3.19. The van der Waals surface area contributed by atoms with Crippen molar-refractivity contribution < 1.29 is 27.1 Å². The molecule has 3 heterocycles. The number of amides is 1. The Kier molecular flexibility index (Phi) is 8.90. The van der Waals surface area contributed by atoms with Crippen LogP contribution in [0.2, 0.25) is 0 Å². The molecule has 3 aromatic rings. The van der Waals surface area contributed by atoms with Gasteiger partial charge in [0, 0.05) is 23.5 Å². The molecular formula is C23H24F4N6O2. The zero-order valence-electron chi connectivity index (χ0n) is 18.6. The SMILES string of the molecule is C1CCNCC1.Nc1ncc(-c2nc(-c3ccc(OCC(F)(F)F)cc3)cc(NC=O)c2F)cn1. The number of nitrogens with one attached hydrogen (secondary N) is 2. The Morgan fingerprint density at radius 3 is 2.23 bits per heavy atom. The van der Waals surface area contributed by atoms with Crippen molar-refractivity contribution >= 4 is 18.0 Å². The number of hydrogen-bond acceptors (Lipinski definition) is 7. The standard InChI is InChI=1S/C18H13F4N5O2.C5H11N/c19-15-14(26-9-28)5-13(27-16(15)11-6-24-17(23)25-7-11)10-1-3-12(4-2-10)29-8-18(20,21)22;1-2-4-6-5-3-1/h1-7,9H,8H2,(H2,23,24,25)(H,26,27,28);6H,1-5H2. The number of carbonyl (C=O) groups excluding carboxylic acids is 1. The first-order valence-electron chi connectivity index (χ1n) is 10.8. The highest BCUT2D eigenvalue weighted by Crippen LogP contribution is 2.31. The molecule has 1 aliphatic heterocycles. The zero-order valence-corrected chi connectivity index (χ0v) is 18.6. The largest absolute Gasteiger partial charge is 0.484 e.